The molecule has 1 aliphatic heterocycles. The maximum atomic E-state index is 8.49. The van der Waals surface area contributed by atoms with Crippen LogP contribution in [0.2, 0.25) is 0 Å². The van der Waals surface area contributed by atoms with Crippen LogP contribution >= 0.6 is 0 Å². The van der Waals surface area contributed by atoms with Crippen molar-refractivity contribution in [2.75, 3.05) is 0 Å². The Bertz CT molecular complexity index is 880. The van der Waals surface area contributed by atoms with Crippen molar-refractivity contribution in [2.24, 2.45) is 10.9 Å². The minimum atomic E-state index is -4.94. The number of benzene rings is 2. The first-order chi connectivity index (χ1) is 12.9. The number of aliphatic imine (C=N–C) groups is 1. The van der Waals surface area contributed by atoms with E-state index in [9.17, 15) is 0 Å². The lowest BCUT2D eigenvalue weighted by atomic mass is 9.87. The van der Waals surface area contributed by atoms with Crippen molar-refractivity contribution in [1.82, 2.24) is 0 Å². The van der Waals surface area contributed by atoms with Crippen molar-refractivity contribution in [3.8, 4) is 0 Å². The van der Waals surface area contributed by atoms with Gasteiger partial charge in [-0.25, -0.2) is 18.6 Å². The molecule has 138 valence electrons. The summed E-state index contributed by atoms with van der Waals surface area (Å²) < 4.78 is 40.2. The monoisotopic (exact) mass is 385 g/mol. The molecule has 0 amide bonds. The van der Waals surface area contributed by atoms with Crippen LogP contribution in [0.1, 0.15) is 15.6 Å². The molecule has 2 atom stereocenters. The number of ketones is 1. The molecule has 0 bridgehead atoms. The van der Waals surface area contributed by atoms with E-state index in [1.165, 1.54) is 0 Å². The fourth-order valence-corrected chi connectivity index (χ4v) is 2.86. The van der Waals surface area contributed by atoms with E-state index in [0.29, 0.717) is 5.90 Å². The molecule has 2 aromatic carbocycles. The largest absolute Gasteiger partial charge is 0.455 e. The van der Waals surface area contributed by atoms with E-state index in [-0.39, 0.29) is 12.0 Å². The molecule has 1 heterocycles. The van der Waals surface area contributed by atoms with Gasteiger partial charge >= 0.3 is 11.7 Å². The first-order valence-corrected chi connectivity index (χ1v) is 9.35. The second-order valence-corrected chi connectivity index (χ2v) is 6.55. The summed E-state index contributed by atoms with van der Waals surface area (Å²) in [5.41, 5.74) is 2.12. The Morgan fingerprint density at radius 1 is 0.741 bits per heavy atom. The molecular formula is C20H16ClNO5. The van der Waals surface area contributed by atoms with Crippen LogP contribution in [0.25, 0.3) is 0 Å². The molecule has 2 aromatic rings. The molecule has 1 aliphatic carbocycles. The molecular weight excluding hydrogens is 370 g/mol. The van der Waals surface area contributed by atoms with Gasteiger partial charge in [-0.3, -0.25) is 0 Å². The van der Waals surface area contributed by atoms with Crippen molar-refractivity contribution in [1.29, 1.82) is 0 Å². The minimum Gasteiger partial charge on any atom is -0.222 e. The number of fused-ring (bicyclic) bond motifs is 1. The lowest BCUT2D eigenvalue weighted by Gasteiger charge is -2.19. The molecule has 0 fully saturated rings. The van der Waals surface area contributed by atoms with Gasteiger partial charge in [0.1, 0.15) is 11.5 Å². The van der Waals surface area contributed by atoms with E-state index in [2.05, 4.69) is 36.4 Å². The maximum absolute atomic E-state index is 8.49. The molecule has 0 spiro atoms. The molecule has 6 nitrogen and oxygen atoms in total. The van der Waals surface area contributed by atoms with Gasteiger partial charge in [0.15, 0.2) is 0 Å². The first-order valence-electron chi connectivity index (χ1n) is 8.12. The van der Waals surface area contributed by atoms with Crippen molar-refractivity contribution in [3.05, 3.63) is 96.1 Å². The second kappa shape index (κ2) is 8.39. The zero-order valence-corrected chi connectivity index (χ0v) is 14.9. The van der Waals surface area contributed by atoms with Crippen LogP contribution in [0.5, 0.6) is 0 Å². The van der Waals surface area contributed by atoms with Gasteiger partial charge in [-0.2, -0.15) is 9.42 Å². The van der Waals surface area contributed by atoms with Crippen LogP contribution in [0.4, 0.5) is 0 Å². The quantitative estimate of drug-likeness (QED) is 0.630. The number of halogens is 1. The summed E-state index contributed by atoms with van der Waals surface area (Å²) in [6.07, 6.45) is 8.43. The number of nitrogens with zero attached hydrogens (tertiary/aromatic N) is 1. The zero-order valence-electron chi connectivity index (χ0n) is 14.1. The molecule has 27 heavy (non-hydrogen) atoms. The number of allylic oxidation sites excluding steroid dienone is 2. The Balaban J connectivity index is 0.000000376. The standard InChI is InChI=1S/C20H16NO.ClHO4/c1-3-9-15(10-4-1)19-17-13-7-8-14-18(17)21-20(22-19)16-11-5-2-6-12-16;2-1(3,4)5/h1-14,17-18H;(H,2,3,4,5)/q+1;/p-1. The normalized spacial score (nSPS) is 20.7. The van der Waals surface area contributed by atoms with E-state index in [1.54, 1.807) is 0 Å². The molecule has 0 aromatic heterocycles. The smallest absolute Gasteiger partial charge is 0.222 e. The number of carbonyl (C=O) groups excluding carboxylic acids is 1. The SMILES string of the molecule is C1=CC2N=C(c3ccccc3)[O+]=C(c3ccccc3)C2C=C1.[O-][Cl+3]([O-])([O-])[O-]. The van der Waals surface area contributed by atoms with Crippen molar-refractivity contribution in [3.63, 3.8) is 0 Å². The van der Waals surface area contributed by atoms with E-state index < -0.39 is 10.2 Å². The Kier molecular flexibility index (Phi) is 5.95. The van der Waals surface area contributed by atoms with E-state index in [1.807, 2.05) is 48.5 Å². The highest BCUT2D eigenvalue weighted by Gasteiger charge is 2.39. The molecule has 0 saturated heterocycles. The van der Waals surface area contributed by atoms with Gasteiger partial charge in [-0.15, -0.1) is 10.2 Å². The summed E-state index contributed by atoms with van der Waals surface area (Å²) in [5, 5.41) is 0. The summed E-state index contributed by atoms with van der Waals surface area (Å²) in [5.74, 6) is 1.83. The van der Waals surface area contributed by atoms with Crippen LogP contribution < -0.4 is 18.6 Å². The lowest BCUT2D eigenvalue weighted by molar-refractivity contribution is -2.00. The zero-order chi connectivity index (χ0) is 19.3. The average molecular weight is 386 g/mol. The molecule has 2 aliphatic rings. The van der Waals surface area contributed by atoms with Gasteiger partial charge in [0.2, 0.25) is 0 Å². The third-order valence-electron chi connectivity index (χ3n) is 3.96. The maximum Gasteiger partial charge on any atom is 0.455 e. The van der Waals surface area contributed by atoms with Crippen LogP contribution in [0.3, 0.4) is 0 Å². The van der Waals surface area contributed by atoms with E-state index >= 15 is 0 Å². The van der Waals surface area contributed by atoms with Gasteiger partial charge in [-0.05, 0) is 24.3 Å². The van der Waals surface area contributed by atoms with Gasteiger partial charge in [0.05, 0.1) is 11.6 Å². The Labute approximate surface area is 158 Å². The summed E-state index contributed by atoms with van der Waals surface area (Å²) in [7, 11) is -4.94. The fraction of sp³-hybridized carbons (Fsp3) is 0.100. The third kappa shape index (κ3) is 5.43. The summed E-state index contributed by atoms with van der Waals surface area (Å²) in [4.78, 5) is 4.79. The predicted octanol–water partition coefficient (Wildman–Crippen LogP) is -0.780. The number of hydrogen-bond donors (Lipinski definition) is 0. The average Bonchev–Trinajstić information content (AvgIpc) is 2.67. The third-order valence-corrected chi connectivity index (χ3v) is 3.96. The molecule has 0 radical (unpaired) electrons. The van der Waals surface area contributed by atoms with Crippen molar-refractivity contribution >= 4 is 11.7 Å². The summed E-state index contributed by atoms with van der Waals surface area (Å²) in [6, 6.07) is 20.5. The van der Waals surface area contributed by atoms with Crippen LogP contribution in [-0.2, 0) is 0 Å². The summed E-state index contributed by atoms with van der Waals surface area (Å²) in [6.45, 7) is 0. The highest BCUT2D eigenvalue weighted by Crippen LogP contribution is 2.26. The van der Waals surface area contributed by atoms with Crippen molar-refractivity contribution in [2.45, 2.75) is 6.04 Å². The topological polar surface area (TPSA) is 116 Å². The van der Waals surface area contributed by atoms with Gasteiger partial charge < -0.3 is 0 Å². The van der Waals surface area contributed by atoms with Gasteiger partial charge in [0.25, 0.3) is 0 Å². The highest BCUT2D eigenvalue weighted by atomic mass is 35.7. The van der Waals surface area contributed by atoms with Crippen LogP contribution in [-0.4, -0.2) is 17.7 Å². The predicted molar refractivity (Wildman–Crippen MR) is 89.3 cm³/mol. The lowest BCUT2D eigenvalue weighted by Crippen LogP contribution is -2.68. The van der Waals surface area contributed by atoms with Crippen LogP contribution in [0, 0.1) is 16.2 Å². The molecule has 0 saturated carbocycles. The van der Waals surface area contributed by atoms with Crippen LogP contribution in [0.15, 0.2) is 90.0 Å². The van der Waals surface area contributed by atoms with Gasteiger partial charge in [0, 0.05) is 0 Å². The number of rotatable bonds is 2. The second-order valence-electron chi connectivity index (χ2n) is 5.80. The molecule has 2 unspecified atom stereocenters. The van der Waals surface area contributed by atoms with E-state index in [0.717, 1.165) is 16.9 Å². The van der Waals surface area contributed by atoms with Gasteiger partial charge in [-0.1, -0.05) is 60.7 Å². The van der Waals surface area contributed by atoms with E-state index in [4.69, 9.17) is 28.1 Å². The summed E-state index contributed by atoms with van der Waals surface area (Å²) >= 11 is 0. The minimum absolute atomic E-state index is 0.101. The van der Waals surface area contributed by atoms with Crippen molar-refractivity contribution < 1.29 is 33.3 Å². The Morgan fingerprint density at radius 2 is 1.26 bits per heavy atom. The molecule has 4 rings (SSSR count). The highest BCUT2D eigenvalue weighted by molar-refractivity contribution is 6.06. The Morgan fingerprint density at radius 3 is 1.85 bits per heavy atom. The Hall–Kier alpha value is -2.61. The molecule has 0 N–H and O–H groups in total. The number of hydrogen-bond acceptors (Lipinski definition) is 5. The first kappa shape index (κ1) is 19.2. The molecule has 7 heteroatoms. The fourth-order valence-electron chi connectivity index (χ4n) is 2.86.